The van der Waals surface area contributed by atoms with Gasteiger partial charge < -0.3 is 5.73 Å². The zero-order valence-electron chi connectivity index (χ0n) is 5.21. The van der Waals surface area contributed by atoms with Crippen LogP contribution in [0.1, 0.15) is 12.8 Å². The first kappa shape index (κ1) is 6.93. The van der Waals surface area contributed by atoms with Gasteiger partial charge in [0.15, 0.2) is 0 Å². The summed E-state index contributed by atoms with van der Waals surface area (Å²) in [5, 5.41) is 0. The highest BCUT2D eigenvalue weighted by Gasteiger charge is 2.33. The average Bonchev–Trinajstić information content (AvgIpc) is 2.50. The molecule has 1 aliphatic carbocycles. The van der Waals surface area contributed by atoms with Gasteiger partial charge in [-0.15, -0.1) is 0 Å². The van der Waals surface area contributed by atoms with Crippen LogP contribution in [-0.2, 0) is 4.79 Å². The first-order chi connectivity index (χ1) is 4.25. The Kier molecular flexibility index (Phi) is 2.01. The van der Waals surface area contributed by atoms with Gasteiger partial charge in [0.1, 0.15) is 0 Å². The molecule has 3 heteroatoms. The molecule has 1 atom stereocenters. The van der Waals surface area contributed by atoms with E-state index in [4.69, 9.17) is 5.73 Å². The number of nitrogens with two attached hydrogens (primary N) is 1. The SMILES string of the molecule is NC(=O)C(CS)C1CC1. The van der Waals surface area contributed by atoms with E-state index in [0.717, 1.165) is 12.8 Å². The maximum absolute atomic E-state index is 10.6. The normalized spacial score (nSPS) is 21.4. The van der Waals surface area contributed by atoms with Crippen LogP contribution in [0.15, 0.2) is 0 Å². The molecule has 0 bridgehead atoms. The van der Waals surface area contributed by atoms with Crippen molar-refractivity contribution in [2.45, 2.75) is 12.8 Å². The molecule has 0 radical (unpaired) electrons. The Labute approximate surface area is 60.2 Å². The molecule has 0 saturated heterocycles. The summed E-state index contributed by atoms with van der Waals surface area (Å²) in [5.74, 6) is 1.01. The van der Waals surface area contributed by atoms with Crippen LogP contribution >= 0.6 is 12.6 Å². The fraction of sp³-hybridized carbons (Fsp3) is 0.833. The number of amides is 1. The van der Waals surface area contributed by atoms with E-state index in [1.54, 1.807) is 0 Å². The fourth-order valence-electron chi connectivity index (χ4n) is 0.970. The first-order valence-corrected chi connectivity index (χ1v) is 3.79. The van der Waals surface area contributed by atoms with E-state index >= 15 is 0 Å². The molecule has 0 aromatic carbocycles. The second-order valence-corrected chi connectivity index (χ2v) is 2.89. The second-order valence-electron chi connectivity index (χ2n) is 2.53. The standard InChI is InChI=1S/C6H11NOS/c7-6(8)5(3-9)4-1-2-4/h4-5,9H,1-3H2,(H2,7,8). The third-order valence-corrected chi connectivity index (χ3v) is 2.15. The minimum absolute atomic E-state index is 0.0355. The summed E-state index contributed by atoms with van der Waals surface area (Å²) in [6, 6.07) is 0. The number of rotatable bonds is 3. The van der Waals surface area contributed by atoms with Crippen LogP contribution in [0.3, 0.4) is 0 Å². The van der Waals surface area contributed by atoms with Crippen molar-refractivity contribution >= 4 is 18.5 Å². The van der Waals surface area contributed by atoms with Crippen LogP contribution < -0.4 is 5.73 Å². The van der Waals surface area contributed by atoms with E-state index in [0.29, 0.717) is 11.7 Å². The van der Waals surface area contributed by atoms with Crippen molar-refractivity contribution in [2.75, 3.05) is 5.75 Å². The molecule has 1 unspecified atom stereocenters. The van der Waals surface area contributed by atoms with E-state index in [-0.39, 0.29) is 11.8 Å². The third kappa shape index (κ3) is 1.61. The predicted octanol–water partition coefficient (Wildman–Crippen LogP) is 0.428. The number of hydrogen-bond acceptors (Lipinski definition) is 2. The van der Waals surface area contributed by atoms with E-state index in [1.165, 1.54) is 0 Å². The molecule has 0 aromatic heterocycles. The molecule has 2 N–H and O–H groups in total. The molecule has 1 rings (SSSR count). The summed E-state index contributed by atoms with van der Waals surface area (Å²) in [6.45, 7) is 0. The molecule has 9 heavy (non-hydrogen) atoms. The topological polar surface area (TPSA) is 43.1 Å². The number of thiol groups is 1. The van der Waals surface area contributed by atoms with Crippen molar-refractivity contribution in [3.63, 3.8) is 0 Å². The van der Waals surface area contributed by atoms with Crippen molar-refractivity contribution in [3.8, 4) is 0 Å². The Morgan fingerprint density at radius 1 is 1.78 bits per heavy atom. The number of primary amides is 1. The number of carbonyl (C=O) groups excluding carboxylic acids is 1. The molecule has 52 valence electrons. The van der Waals surface area contributed by atoms with Crippen LogP contribution in [0.5, 0.6) is 0 Å². The molecule has 1 fully saturated rings. The zero-order valence-corrected chi connectivity index (χ0v) is 6.10. The minimum atomic E-state index is -0.187. The van der Waals surface area contributed by atoms with Crippen molar-refractivity contribution in [2.24, 2.45) is 17.6 Å². The lowest BCUT2D eigenvalue weighted by atomic mass is 10.1. The Morgan fingerprint density at radius 3 is 2.44 bits per heavy atom. The van der Waals surface area contributed by atoms with E-state index < -0.39 is 0 Å². The van der Waals surface area contributed by atoms with E-state index in [1.807, 2.05) is 0 Å². The van der Waals surface area contributed by atoms with Crippen molar-refractivity contribution < 1.29 is 4.79 Å². The highest BCUT2D eigenvalue weighted by molar-refractivity contribution is 7.80. The quantitative estimate of drug-likeness (QED) is 0.556. The Balaban J connectivity index is 2.37. The summed E-state index contributed by atoms with van der Waals surface area (Å²) in [4.78, 5) is 10.6. The van der Waals surface area contributed by atoms with Crippen molar-refractivity contribution in [1.82, 2.24) is 0 Å². The summed E-state index contributed by atoms with van der Waals surface area (Å²) in [5.41, 5.74) is 5.10. The molecule has 2 nitrogen and oxygen atoms in total. The van der Waals surface area contributed by atoms with Gasteiger partial charge in [0.05, 0.1) is 0 Å². The number of carbonyl (C=O) groups is 1. The van der Waals surface area contributed by atoms with E-state index in [2.05, 4.69) is 12.6 Å². The molecule has 1 aliphatic rings. The molecule has 1 amide bonds. The Hall–Kier alpha value is -0.180. The van der Waals surface area contributed by atoms with Gasteiger partial charge >= 0.3 is 0 Å². The molecule has 0 spiro atoms. The van der Waals surface area contributed by atoms with Crippen LogP contribution in [0.4, 0.5) is 0 Å². The molecular formula is C6H11NOS. The third-order valence-electron chi connectivity index (χ3n) is 1.75. The minimum Gasteiger partial charge on any atom is -0.369 e. The van der Waals surface area contributed by atoms with Gasteiger partial charge in [-0.05, 0) is 18.8 Å². The second kappa shape index (κ2) is 2.60. The summed E-state index contributed by atoms with van der Waals surface area (Å²) in [7, 11) is 0. The van der Waals surface area contributed by atoms with Gasteiger partial charge in [0.25, 0.3) is 0 Å². The Bertz CT molecular complexity index is 122. The lowest BCUT2D eigenvalue weighted by Crippen LogP contribution is -2.26. The van der Waals surface area contributed by atoms with Crippen LogP contribution in [0.2, 0.25) is 0 Å². The van der Waals surface area contributed by atoms with Gasteiger partial charge in [0, 0.05) is 11.7 Å². The molecule has 0 aliphatic heterocycles. The predicted molar refractivity (Wildman–Crippen MR) is 39.3 cm³/mol. The smallest absolute Gasteiger partial charge is 0.221 e. The van der Waals surface area contributed by atoms with Crippen LogP contribution in [0.25, 0.3) is 0 Å². The molecule has 0 heterocycles. The lowest BCUT2D eigenvalue weighted by molar-refractivity contribution is -0.121. The lowest BCUT2D eigenvalue weighted by Gasteiger charge is -2.05. The van der Waals surface area contributed by atoms with Gasteiger partial charge in [-0.3, -0.25) is 4.79 Å². The first-order valence-electron chi connectivity index (χ1n) is 3.16. The zero-order chi connectivity index (χ0) is 6.85. The van der Waals surface area contributed by atoms with Crippen molar-refractivity contribution in [3.05, 3.63) is 0 Å². The molecular weight excluding hydrogens is 134 g/mol. The maximum Gasteiger partial charge on any atom is 0.221 e. The van der Waals surface area contributed by atoms with Gasteiger partial charge in [-0.2, -0.15) is 12.6 Å². The highest BCUT2D eigenvalue weighted by Crippen LogP contribution is 2.36. The monoisotopic (exact) mass is 145 g/mol. The van der Waals surface area contributed by atoms with Crippen LogP contribution in [-0.4, -0.2) is 11.7 Å². The summed E-state index contributed by atoms with van der Waals surface area (Å²) < 4.78 is 0. The van der Waals surface area contributed by atoms with Crippen LogP contribution in [0, 0.1) is 11.8 Å². The fourth-order valence-corrected chi connectivity index (χ4v) is 1.45. The van der Waals surface area contributed by atoms with Gasteiger partial charge in [-0.1, -0.05) is 0 Å². The van der Waals surface area contributed by atoms with Gasteiger partial charge in [0.2, 0.25) is 5.91 Å². The summed E-state index contributed by atoms with van der Waals surface area (Å²) >= 11 is 4.03. The van der Waals surface area contributed by atoms with Gasteiger partial charge in [-0.25, -0.2) is 0 Å². The number of hydrogen-bond donors (Lipinski definition) is 2. The largest absolute Gasteiger partial charge is 0.369 e. The average molecular weight is 145 g/mol. The summed E-state index contributed by atoms with van der Waals surface area (Å²) in [6.07, 6.45) is 2.32. The Morgan fingerprint density at radius 2 is 2.33 bits per heavy atom. The maximum atomic E-state index is 10.6. The van der Waals surface area contributed by atoms with E-state index in [9.17, 15) is 4.79 Å². The highest BCUT2D eigenvalue weighted by atomic mass is 32.1. The molecule has 1 saturated carbocycles. The van der Waals surface area contributed by atoms with Crippen molar-refractivity contribution in [1.29, 1.82) is 0 Å². The molecule has 0 aromatic rings.